The van der Waals surface area contributed by atoms with Gasteiger partial charge in [0.25, 0.3) is 0 Å². The highest BCUT2D eigenvalue weighted by Gasteiger charge is 2.15. The van der Waals surface area contributed by atoms with Gasteiger partial charge in [-0.2, -0.15) is 11.8 Å². The molecule has 0 aromatic heterocycles. The van der Waals surface area contributed by atoms with Crippen molar-refractivity contribution in [2.45, 2.75) is 12.5 Å². The maximum Gasteiger partial charge on any atom is 0.248 e. The molecule has 0 spiro atoms. The molecule has 3 amide bonds. The summed E-state index contributed by atoms with van der Waals surface area (Å²) in [6.45, 7) is 0. The van der Waals surface area contributed by atoms with Crippen molar-refractivity contribution in [3.8, 4) is 0 Å². The summed E-state index contributed by atoms with van der Waals surface area (Å²) in [7, 11) is 0. The number of hydrogen-bond acceptors (Lipinski definition) is 5. The molecule has 0 saturated carbocycles. The number of nitrogens with two attached hydrogens (primary N) is 3. The zero-order chi connectivity index (χ0) is 16.0. The van der Waals surface area contributed by atoms with E-state index >= 15 is 0 Å². The Morgan fingerprint density at radius 2 is 1.67 bits per heavy atom. The lowest BCUT2D eigenvalue weighted by Gasteiger charge is -2.13. The second-order valence-electron chi connectivity index (χ2n) is 4.40. The minimum absolute atomic E-state index is 0.0827. The summed E-state index contributed by atoms with van der Waals surface area (Å²) >= 11 is 1.58. The number of hydrogen-bond donors (Lipinski definition) is 4. The van der Waals surface area contributed by atoms with Crippen molar-refractivity contribution in [1.29, 1.82) is 0 Å². The van der Waals surface area contributed by atoms with E-state index in [4.69, 9.17) is 17.2 Å². The first-order valence-corrected chi connectivity index (χ1v) is 7.54. The Morgan fingerprint density at radius 3 is 2.10 bits per heavy atom. The van der Waals surface area contributed by atoms with Gasteiger partial charge in [-0.05, 0) is 36.6 Å². The van der Waals surface area contributed by atoms with Crippen molar-refractivity contribution < 1.29 is 14.4 Å². The number of nitrogens with one attached hydrogen (secondary N) is 1. The average molecular weight is 310 g/mol. The lowest BCUT2D eigenvalue weighted by molar-refractivity contribution is -0.117. The van der Waals surface area contributed by atoms with Crippen LogP contribution in [0.3, 0.4) is 0 Å². The van der Waals surface area contributed by atoms with E-state index < -0.39 is 23.8 Å². The summed E-state index contributed by atoms with van der Waals surface area (Å²) in [5, 5.41) is 2.55. The summed E-state index contributed by atoms with van der Waals surface area (Å²) in [4.78, 5) is 34.3. The number of amides is 3. The van der Waals surface area contributed by atoms with E-state index in [1.54, 1.807) is 11.8 Å². The van der Waals surface area contributed by atoms with Crippen LogP contribution in [-0.4, -0.2) is 35.8 Å². The van der Waals surface area contributed by atoms with Crippen LogP contribution in [0.1, 0.15) is 27.1 Å². The predicted octanol–water partition coefficient (Wildman–Crippen LogP) is -0.0967. The Labute approximate surface area is 126 Å². The number of benzene rings is 1. The normalized spacial score (nSPS) is 11.7. The highest BCUT2D eigenvalue weighted by atomic mass is 32.2. The van der Waals surface area contributed by atoms with Gasteiger partial charge in [0.05, 0.1) is 6.04 Å². The van der Waals surface area contributed by atoms with Gasteiger partial charge in [0.2, 0.25) is 17.7 Å². The van der Waals surface area contributed by atoms with Crippen molar-refractivity contribution in [3.05, 3.63) is 29.3 Å². The van der Waals surface area contributed by atoms with E-state index in [2.05, 4.69) is 5.32 Å². The molecule has 1 aromatic rings. The van der Waals surface area contributed by atoms with Gasteiger partial charge in [-0.15, -0.1) is 0 Å². The van der Waals surface area contributed by atoms with Crippen molar-refractivity contribution in [1.82, 2.24) is 0 Å². The maximum absolute atomic E-state index is 11.9. The van der Waals surface area contributed by atoms with Gasteiger partial charge in [0.1, 0.15) is 0 Å². The van der Waals surface area contributed by atoms with Crippen LogP contribution in [0.5, 0.6) is 0 Å². The first-order valence-electron chi connectivity index (χ1n) is 6.15. The highest BCUT2D eigenvalue weighted by molar-refractivity contribution is 7.98. The Balaban J connectivity index is 2.94. The third-order valence-corrected chi connectivity index (χ3v) is 3.38. The van der Waals surface area contributed by atoms with Crippen molar-refractivity contribution in [2.75, 3.05) is 17.3 Å². The Morgan fingerprint density at radius 1 is 1.14 bits per heavy atom. The van der Waals surface area contributed by atoms with E-state index in [0.717, 1.165) is 5.75 Å². The Hall–Kier alpha value is -2.06. The summed E-state index contributed by atoms with van der Waals surface area (Å²) in [5.41, 5.74) is 16.5. The van der Waals surface area contributed by atoms with Gasteiger partial charge in [0.15, 0.2) is 0 Å². The predicted molar refractivity (Wildman–Crippen MR) is 83.1 cm³/mol. The van der Waals surface area contributed by atoms with Gasteiger partial charge in [0, 0.05) is 16.8 Å². The van der Waals surface area contributed by atoms with Gasteiger partial charge < -0.3 is 22.5 Å². The molecule has 0 aliphatic heterocycles. The van der Waals surface area contributed by atoms with E-state index in [-0.39, 0.29) is 16.8 Å². The van der Waals surface area contributed by atoms with Crippen molar-refractivity contribution >= 4 is 35.2 Å². The summed E-state index contributed by atoms with van der Waals surface area (Å²) in [6.07, 6.45) is 2.44. The monoisotopic (exact) mass is 310 g/mol. The molecule has 0 heterocycles. The maximum atomic E-state index is 11.9. The Kier molecular flexibility index (Phi) is 6.19. The molecule has 0 radical (unpaired) electrons. The van der Waals surface area contributed by atoms with E-state index in [1.165, 1.54) is 18.2 Å². The minimum Gasteiger partial charge on any atom is -0.366 e. The van der Waals surface area contributed by atoms with Gasteiger partial charge in [-0.25, -0.2) is 0 Å². The number of thioether (sulfide) groups is 1. The molecule has 7 nitrogen and oxygen atoms in total. The fraction of sp³-hybridized carbons (Fsp3) is 0.308. The molecule has 0 aliphatic rings. The third-order valence-electron chi connectivity index (χ3n) is 2.74. The van der Waals surface area contributed by atoms with E-state index in [0.29, 0.717) is 6.42 Å². The molecule has 1 aromatic carbocycles. The molecule has 114 valence electrons. The van der Waals surface area contributed by atoms with Crippen molar-refractivity contribution in [3.63, 3.8) is 0 Å². The van der Waals surface area contributed by atoms with Crippen LogP contribution < -0.4 is 22.5 Å². The molecular weight excluding hydrogens is 292 g/mol. The van der Waals surface area contributed by atoms with Crippen LogP contribution in [0.4, 0.5) is 5.69 Å². The van der Waals surface area contributed by atoms with Crippen LogP contribution in [0.2, 0.25) is 0 Å². The fourth-order valence-corrected chi connectivity index (χ4v) is 2.08. The van der Waals surface area contributed by atoms with E-state index in [9.17, 15) is 14.4 Å². The molecule has 1 atom stereocenters. The zero-order valence-electron chi connectivity index (χ0n) is 11.6. The molecular formula is C13H18N4O3S. The lowest BCUT2D eigenvalue weighted by atomic mass is 10.1. The van der Waals surface area contributed by atoms with E-state index in [1.807, 2.05) is 6.26 Å². The minimum atomic E-state index is -0.722. The number of carbonyl (C=O) groups is 3. The molecule has 7 N–H and O–H groups in total. The topological polar surface area (TPSA) is 141 Å². The third kappa shape index (κ3) is 5.09. The smallest absolute Gasteiger partial charge is 0.248 e. The quantitative estimate of drug-likeness (QED) is 0.556. The standard InChI is InChI=1S/C13H18N4O3S/c1-21-3-2-10(14)13(20)17-9-5-7(11(15)18)4-8(6-9)12(16)19/h4-6,10H,2-3,14H2,1H3,(H2,15,18)(H2,16,19)(H,17,20)/t10-/m1/s1. The molecule has 1 rings (SSSR count). The summed E-state index contributed by atoms with van der Waals surface area (Å²) in [6, 6.07) is 3.34. The van der Waals surface area contributed by atoms with Gasteiger partial charge >= 0.3 is 0 Å². The number of rotatable bonds is 7. The SMILES string of the molecule is CSCC[C@@H](N)C(=O)Nc1cc(C(N)=O)cc(C(N)=O)c1. The fourth-order valence-electron chi connectivity index (χ4n) is 1.60. The molecule has 0 fully saturated rings. The largest absolute Gasteiger partial charge is 0.366 e. The first-order chi connectivity index (χ1) is 9.85. The zero-order valence-corrected chi connectivity index (χ0v) is 12.4. The molecule has 0 aliphatic carbocycles. The molecule has 8 heteroatoms. The van der Waals surface area contributed by atoms with Crippen LogP contribution >= 0.6 is 11.8 Å². The van der Waals surface area contributed by atoms with Crippen LogP contribution in [0.15, 0.2) is 18.2 Å². The van der Waals surface area contributed by atoms with Crippen LogP contribution in [0, 0.1) is 0 Å². The molecule has 0 bridgehead atoms. The number of anilines is 1. The molecule has 0 saturated heterocycles. The van der Waals surface area contributed by atoms with Crippen LogP contribution in [-0.2, 0) is 4.79 Å². The van der Waals surface area contributed by atoms with Crippen LogP contribution in [0.25, 0.3) is 0 Å². The van der Waals surface area contributed by atoms with Crippen molar-refractivity contribution in [2.24, 2.45) is 17.2 Å². The van der Waals surface area contributed by atoms with Gasteiger partial charge in [-0.3, -0.25) is 14.4 Å². The first kappa shape index (κ1) is 17.0. The summed E-state index contributed by atoms with van der Waals surface area (Å²) in [5.74, 6) is -1.09. The lowest BCUT2D eigenvalue weighted by Crippen LogP contribution is -2.36. The molecule has 21 heavy (non-hydrogen) atoms. The van der Waals surface area contributed by atoms with Gasteiger partial charge in [-0.1, -0.05) is 0 Å². The molecule has 0 unspecified atom stereocenters. The second-order valence-corrected chi connectivity index (χ2v) is 5.39. The highest BCUT2D eigenvalue weighted by Crippen LogP contribution is 2.15. The number of carbonyl (C=O) groups excluding carboxylic acids is 3. The Bertz CT molecular complexity index is 530. The number of primary amides is 2. The average Bonchev–Trinajstić information content (AvgIpc) is 2.44. The summed E-state index contributed by atoms with van der Waals surface area (Å²) < 4.78 is 0. The second kappa shape index (κ2) is 7.65.